The lowest BCUT2D eigenvalue weighted by molar-refractivity contribution is -0.135. The highest BCUT2D eigenvalue weighted by atomic mass is 32.2. The summed E-state index contributed by atoms with van der Waals surface area (Å²) in [5.41, 5.74) is 0. The van der Waals surface area contributed by atoms with E-state index in [1.54, 1.807) is 4.90 Å². The van der Waals surface area contributed by atoms with Crippen LogP contribution in [0, 0.1) is 11.8 Å². The average molecular weight is 429 g/mol. The Morgan fingerprint density at radius 3 is 2.14 bits per heavy atom. The molecule has 1 heterocycles. The van der Waals surface area contributed by atoms with E-state index in [1.807, 2.05) is 4.90 Å². The molecule has 1 fully saturated rings. The molecule has 0 aromatic carbocycles. The van der Waals surface area contributed by atoms with Gasteiger partial charge in [-0.25, -0.2) is 4.79 Å². The Kier molecular flexibility index (Phi) is 11.6. The molecule has 1 rings (SSSR count). The van der Waals surface area contributed by atoms with Gasteiger partial charge in [-0.3, -0.25) is 9.59 Å². The molecule has 1 atom stereocenters. The monoisotopic (exact) mass is 428 g/mol. The molecule has 7 nitrogen and oxygen atoms in total. The molecule has 0 radical (unpaired) electrons. The smallest absolute Gasteiger partial charge is 0.318 e. The second-order valence-corrected chi connectivity index (χ2v) is 10.0. The van der Waals surface area contributed by atoms with E-state index in [1.165, 1.54) is 18.7 Å². The predicted octanol–water partition coefficient (Wildman–Crippen LogP) is 2.51. The fraction of sp³-hybridized carbons (Fsp3) is 0.857. The second-order valence-electron chi connectivity index (χ2n) is 8.77. The van der Waals surface area contributed by atoms with Crippen molar-refractivity contribution >= 4 is 28.8 Å². The lowest BCUT2D eigenvalue weighted by Gasteiger charge is -2.35. The first-order chi connectivity index (χ1) is 13.6. The number of nitrogens with zero attached hydrogens (tertiary/aromatic N) is 3. The Balaban J connectivity index is 2.78. The molecule has 3 amide bonds. The zero-order valence-corrected chi connectivity index (χ0v) is 19.9. The van der Waals surface area contributed by atoms with Crippen LogP contribution < -0.4 is 5.32 Å². The molecule has 29 heavy (non-hydrogen) atoms. The van der Waals surface area contributed by atoms with Crippen molar-refractivity contribution in [1.29, 1.82) is 0 Å². The largest absolute Gasteiger partial charge is 0.338 e. The maximum atomic E-state index is 13.1. The number of carbonyl (C=O) groups is 3. The van der Waals surface area contributed by atoms with E-state index in [4.69, 9.17) is 0 Å². The van der Waals surface area contributed by atoms with Crippen molar-refractivity contribution < 1.29 is 14.4 Å². The number of likely N-dealkylation sites (N-methyl/N-ethyl adjacent to an activating group) is 1. The van der Waals surface area contributed by atoms with Gasteiger partial charge < -0.3 is 20.0 Å². The van der Waals surface area contributed by atoms with Crippen LogP contribution in [0.15, 0.2) is 0 Å². The molecule has 0 unspecified atom stereocenters. The van der Waals surface area contributed by atoms with Crippen LogP contribution >= 0.6 is 11.8 Å². The standard InChI is InChI=1S/C21H40N4O3S/c1-16(2)7-8-25(13-14-29-18(5)26)21(28)22-19(15-17(3)4)20(27)24-11-9-23(6)10-12-24/h16-17,19H,7-15H2,1-6H3,(H,22,28)/t19-/m0/s1. The summed E-state index contributed by atoms with van der Waals surface area (Å²) in [4.78, 5) is 43.2. The fourth-order valence-corrected chi connectivity index (χ4v) is 3.81. The summed E-state index contributed by atoms with van der Waals surface area (Å²) in [6, 6.07) is -0.712. The van der Waals surface area contributed by atoms with Crippen molar-refractivity contribution in [3.05, 3.63) is 0 Å². The van der Waals surface area contributed by atoms with E-state index in [0.717, 1.165) is 19.5 Å². The van der Waals surface area contributed by atoms with Crippen molar-refractivity contribution in [2.75, 3.05) is 52.1 Å². The zero-order valence-electron chi connectivity index (χ0n) is 19.1. The van der Waals surface area contributed by atoms with E-state index in [-0.39, 0.29) is 17.1 Å². The number of rotatable bonds is 10. The molecule has 0 saturated carbocycles. The third-order valence-corrected chi connectivity index (χ3v) is 5.84. The maximum absolute atomic E-state index is 13.1. The van der Waals surface area contributed by atoms with Crippen LogP contribution in [0.4, 0.5) is 4.79 Å². The molecule has 168 valence electrons. The van der Waals surface area contributed by atoms with E-state index in [2.05, 4.69) is 45.0 Å². The Hall–Kier alpha value is -1.28. The summed E-state index contributed by atoms with van der Waals surface area (Å²) in [5, 5.41) is 3.06. The molecular weight excluding hydrogens is 388 g/mol. The number of nitrogens with one attached hydrogen (secondary N) is 1. The van der Waals surface area contributed by atoms with Crippen LogP contribution in [-0.4, -0.2) is 89.9 Å². The van der Waals surface area contributed by atoms with Gasteiger partial charge in [0, 0.05) is 51.9 Å². The van der Waals surface area contributed by atoms with Crippen LogP contribution in [0.1, 0.15) is 47.5 Å². The van der Waals surface area contributed by atoms with Gasteiger partial charge in [0.1, 0.15) is 6.04 Å². The molecule has 8 heteroatoms. The number of carbonyl (C=O) groups excluding carboxylic acids is 3. The summed E-state index contributed by atoms with van der Waals surface area (Å²) >= 11 is 1.23. The van der Waals surface area contributed by atoms with Crippen LogP contribution in [-0.2, 0) is 9.59 Å². The second kappa shape index (κ2) is 13.1. The molecule has 1 aliphatic rings. The van der Waals surface area contributed by atoms with Crippen molar-refractivity contribution in [3.63, 3.8) is 0 Å². The average Bonchev–Trinajstić information content (AvgIpc) is 2.63. The topological polar surface area (TPSA) is 73.0 Å². The van der Waals surface area contributed by atoms with E-state index in [0.29, 0.717) is 50.2 Å². The lowest BCUT2D eigenvalue weighted by Crippen LogP contribution is -2.56. The number of urea groups is 1. The Morgan fingerprint density at radius 1 is 1.00 bits per heavy atom. The Morgan fingerprint density at radius 2 is 1.62 bits per heavy atom. The number of amides is 3. The minimum Gasteiger partial charge on any atom is -0.338 e. The third-order valence-electron chi connectivity index (χ3n) is 5.05. The van der Waals surface area contributed by atoms with E-state index in [9.17, 15) is 14.4 Å². The molecule has 0 bridgehead atoms. The molecule has 1 N–H and O–H groups in total. The zero-order chi connectivity index (χ0) is 22.0. The number of hydrogen-bond donors (Lipinski definition) is 1. The van der Waals surface area contributed by atoms with Gasteiger partial charge in [-0.2, -0.15) is 0 Å². The summed E-state index contributed by atoms with van der Waals surface area (Å²) in [7, 11) is 2.06. The molecule has 0 spiro atoms. The van der Waals surface area contributed by atoms with E-state index < -0.39 is 6.04 Å². The maximum Gasteiger partial charge on any atom is 0.318 e. The quantitative estimate of drug-likeness (QED) is 0.579. The summed E-state index contributed by atoms with van der Waals surface area (Å²) in [5.74, 6) is 1.36. The van der Waals surface area contributed by atoms with Crippen molar-refractivity contribution in [2.24, 2.45) is 11.8 Å². The normalized spacial score (nSPS) is 16.2. The lowest BCUT2D eigenvalue weighted by atomic mass is 10.0. The van der Waals surface area contributed by atoms with Gasteiger partial charge in [-0.15, -0.1) is 0 Å². The highest BCUT2D eigenvalue weighted by molar-refractivity contribution is 8.13. The molecule has 0 aromatic heterocycles. The van der Waals surface area contributed by atoms with Crippen LogP contribution in [0.25, 0.3) is 0 Å². The molecule has 1 saturated heterocycles. The van der Waals surface area contributed by atoms with Crippen molar-refractivity contribution in [2.45, 2.75) is 53.5 Å². The van der Waals surface area contributed by atoms with Crippen LogP contribution in [0.2, 0.25) is 0 Å². The first-order valence-electron chi connectivity index (χ1n) is 10.8. The third kappa shape index (κ3) is 10.3. The summed E-state index contributed by atoms with van der Waals surface area (Å²) in [6.45, 7) is 14.2. The van der Waals surface area contributed by atoms with E-state index >= 15 is 0 Å². The fourth-order valence-electron chi connectivity index (χ4n) is 3.21. The highest BCUT2D eigenvalue weighted by Crippen LogP contribution is 2.12. The minimum absolute atomic E-state index is 0.0158. The number of thioether (sulfide) groups is 1. The predicted molar refractivity (Wildman–Crippen MR) is 120 cm³/mol. The van der Waals surface area contributed by atoms with Gasteiger partial charge >= 0.3 is 6.03 Å². The highest BCUT2D eigenvalue weighted by Gasteiger charge is 2.29. The van der Waals surface area contributed by atoms with Gasteiger partial charge in [0.15, 0.2) is 5.12 Å². The Bertz CT molecular complexity index is 534. The van der Waals surface area contributed by atoms with Crippen LogP contribution in [0.3, 0.4) is 0 Å². The number of hydrogen-bond acceptors (Lipinski definition) is 5. The van der Waals surface area contributed by atoms with Gasteiger partial charge in [-0.05, 0) is 31.7 Å². The first kappa shape index (κ1) is 25.8. The van der Waals surface area contributed by atoms with Gasteiger partial charge in [0.2, 0.25) is 5.91 Å². The van der Waals surface area contributed by atoms with Crippen molar-refractivity contribution in [1.82, 2.24) is 20.0 Å². The molecule has 0 aromatic rings. The van der Waals surface area contributed by atoms with Gasteiger partial charge in [-0.1, -0.05) is 39.5 Å². The summed E-state index contributed by atoms with van der Waals surface area (Å²) < 4.78 is 0. The Labute approximate surface area is 180 Å². The molecule has 1 aliphatic heterocycles. The number of piperazine rings is 1. The molecule has 0 aliphatic carbocycles. The summed E-state index contributed by atoms with van der Waals surface area (Å²) in [6.07, 6.45) is 1.51. The van der Waals surface area contributed by atoms with Gasteiger partial charge in [0.25, 0.3) is 0 Å². The van der Waals surface area contributed by atoms with Crippen molar-refractivity contribution in [3.8, 4) is 0 Å². The minimum atomic E-state index is -0.507. The SMILES string of the molecule is CC(=O)SCCN(CCC(C)C)C(=O)N[C@@H](CC(C)C)C(=O)N1CCN(C)CC1. The van der Waals surface area contributed by atoms with Crippen LogP contribution in [0.5, 0.6) is 0 Å². The van der Waals surface area contributed by atoms with Gasteiger partial charge in [0.05, 0.1) is 0 Å². The molecular formula is C21H40N4O3S. The first-order valence-corrected chi connectivity index (χ1v) is 11.7.